The lowest BCUT2D eigenvalue weighted by Crippen LogP contribution is -2.38. The summed E-state index contributed by atoms with van der Waals surface area (Å²) in [5.74, 6) is -0.546. The molecule has 27 heavy (non-hydrogen) atoms. The van der Waals surface area contributed by atoms with Crippen LogP contribution in [0.3, 0.4) is 0 Å². The van der Waals surface area contributed by atoms with Crippen LogP contribution in [-0.4, -0.2) is 32.0 Å². The Labute approximate surface area is 170 Å². The predicted octanol–water partition coefficient (Wildman–Crippen LogP) is 3.22. The maximum absolute atomic E-state index is 12.5. The molecule has 8 nitrogen and oxygen atoms in total. The lowest BCUT2D eigenvalue weighted by Gasteiger charge is -2.23. The highest BCUT2D eigenvalue weighted by molar-refractivity contribution is 14.1. The SMILES string of the molecule is Cc1cc(I)ccc1NC(=O)CN(c1cc([N+](=O)[O-])ccc1C)S(C)(=O)=O. The summed E-state index contributed by atoms with van der Waals surface area (Å²) in [5, 5.41) is 13.7. The van der Waals surface area contributed by atoms with Gasteiger partial charge in [-0.1, -0.05) is 6.07 Å². The molecule has 0 aliphatic carbocycles. The van der Waals surface area contributed by atoms with Gasteiger partial charge in [0, 0.05) is 21.4 Å². The third-order valence-corrected chi connectivity index (χ3v) is 5.62. The Hall–Kier alpha value is -2.21. The van der Waals surface area contributed by atoms with E-state index in [0.29, 0.717) is 11.3 Å². The van der Waals surface area contributed by atoms with Crippen LogP contribution in [0, 0.1) is 27.5 Å². The maximum atomic E-state index is 12.5. The zero-order valence-corrected chi connectivity index (χ0v) is 17.9. The highest BCUT2D eigenvalue weighted by Crippen LogP contribution is 2.27. The first-order valence-electron chi connectivity index (χ1n) is 7.78. The molecule has 144 valence electrons. The van der Waals surface area contributed by atoms with Gasteiger partial charge in [0.05, 0.1) is 16.9 Å². The number of rotatable bonds is 6. The zero-order chi connectivity index (χ0) is 20.4. The standard InChI is InChI=1S/C17H18IN3O5S/c1-11-4-6-14(21(23)24)9-16(11)20(27(3,25)26)10-17(22)19-15-7-5-13(18)8-12(15)2/h4-9H,10H2,1-3H3,(H,19,22). The van der Waals surface area contributed by atoms with Crippen LogP contribution in [0.2, 0.25) is 0 Å². The minimum atomic E-state index is -3.84. The zero-order valence-electron chi connectivity index (χ0n) is 14.9. The Morgan fingerprint density at radius 1 is 1.19 bits per heavy atom. The average Bonchev–Trinajstić information content (AvgIpc) is 2.55. The normalized spacial score (nSPS) is 11.1. The van der Waals surface area contributed by atoms with Crippen LogP contribution in [0.15, 0.2) is 36.4 Å². The average molecular weight is 503 g/mol. The number of nitro benzene ring substituents is 1. The van der Waals surface area contributed by atoms with Crippen LogP contribution >= 0.6 is 22.6 Å². The van der Waals surface area contributed by atoms with Crippen molar-refractivity contribution in [1.29, 1.82) is 0 Å². The Balaban J connectivity index is 2.34. The van der Waals surface area contributed by atoms with E-state index in [1.807, 2.05) is 19.1 Å². The molecular weight excluding hydrogens is 485 g/mol. The number of non-ortho nitro benzene ring substituents is 1. The third-order valence-electron chi connectivity index (χ3n) is 3.82. The molecule has 0 heterocycles. The second-order valence-electron chi connectivity index (χ2n) is 6.00. The van der Waals surface area contributed by atoms with Crippen molar-refractivity contribution in [3.05, 3.63) is 61.2 Å². The molecule has 0 saturated carbocycles. The number of benzene rings is 2. The van der Waals surface area contributed by atoms with E-state index in [4.69, 9.17) is 0 Å². The molecule has 0 aromatic heterocycles. The Morgan fingerprint density at radius 2 is 1.85 bits per heavy atom. The molecular formula is C17H18IN3O5S. The number of nitrogens with zero attached hydrogens (tertiary/aromatic N) is 2. The highest BCUT2D eigenvalue weighted by atomic mass is 127. The van der Waals surface area contributed by atoms with Gasteiger partial charge < -0.3 is 5.32 Å². The summed E-state index contributed by atoms with van der Waals surface area (Å²) in [4.78, 5) is 22.9. The highest BCUT2D eigenvalue weighted by Gasteiger charge is 2.24. The van der Waals surface area contributed by atoms with Crippen molar-refractivity contribution in [2.45, 2.75) is 13.8 Å². The molecule has 2 rings (SSSR count). The Bertz CT molecular complexity index is 1010. The van der Waals surface area contributed by atoms with E-state index in [-0.39, 0.29) is 11.4 Å². The van der Waals surface area contributed by atoms with E-state index in [1.54, 1.807) is 13.0 Å². The molecule has 1 amide bonds. The number of carbonyl (C=O) groups is 1. The van der Waals surface area contributed by atoms with Gasteiger partial charge in [0.15, 0.2) is 0 Å². The largest absolute Gasteiger partial charge is 0.324 e. The monoisotopic (exact) mass is 503 g/mol. The van der Waals surface area contributed by atoms with Crippen LogP contribution in [0.4, 0.5) is 17.1 Å². The number of carbonyl (C=O) groups excluding carboxylic acids is 1. The van der Waals surface area contributed by atoms with Crippen LogP contribution < -0.4 is 9.62 Å². The second kappa shape index (κ2) is 8.21. The van der Waals surface area contributed by atoms with E-state index in [2.05, 4.69) is 27.9 Å². The smallest absolute Gasteiger partial charge is 0.271 e. The topological polar surface area (TPSA) is 110 Å². The summed E-state index contributed by atoms with van der Waals surface area (Å²) >= 11 is 2.15. The van der Waals surface area contributed by atoms with Crippen LogP contribution in [0.25, 0.3) is 0 Å². The Morgan fingerprint density at radius 3 is 2.41 bits per heavy atom. The summed E-state index contributed by atoms with van der Waals surface area (Å²) in [5.41, 5.74) is 1.76. The second-order valence-corrected chi connectivity index (χ2v) is 9.16. The van der Waals surface area contributed by atoms with Crippen LogP contribution in [0.5, 0.6) is 0 Å². The fourth-order valence-corrected chi connectivity index (χ4v) is 4.00. The van der Waals surface area contributed by atoms with Crippen molar-refractivity contribution in [3.63, 3.8) is 0 Å². The van der Waals surface area contributed by atoms with E-state index < -0.39 is 27.4 Å². The lowest BCUT2D eigenvalue weighted by atomic mass is 10.2. The van der Waals surface area contributed by atoms with Gasteiger partial charge in [-0.3, -0.25) is 19.2 Å². The molecule has 0 aliphatic rings. The number of nitrogens with one attached hydrogen (secondary N) is 1. The summed E-state index contributed by atoms with van der Waals surface area (Å²) in [6, 6.07) is 9.33. The molecule has 2 aromatic carbocycles. The molecule has 0 radical (unpaired) electrons. The number of amides is 1. The molecule has 0 fully saturated rings. The van der Waals surface area contributed by atoms with Gasteiger partial charge in [0.2, 0.25) is 15.9 Å². The molecule has 2 aromatic rings. The van der Waals surface area contributed by atoms with Gasteiger partial charge >= 0.3 is 0 Å². The van der Waals surface area contributed by atoms with E-state index in [1.165, 1.54) is 12.1 Å². The number of hydrogen-bond donors (Lipinski definition) is 1. The number of halogens is 1. The summed E-state index contributed by atoms with van der Waals surface area (Å²) in [7, 11) is -3.84. The number of sulfonamides is 1. The van der Waals surface area contributed by atoms with E-state index in [0.717, 1.165) is 25.8 Å². The molecule has 0 atom stereocenters. The molecule has 1 N–H and O–H groups in total. The van der Waals surface area contributed by atoms with Crippen molar-refractivity contribution >= 4 is 55.6 Å². The van der Waals surface area contributed by atoms with Crippen molar-refractivity contribution < 1.29 is 18.1 Å². The number of aryl methyl sites for hydroxylation is 2. The minimum Gasteiger partial charge on any atom is -0.324 e. The molecule has 0 aliphatic heterocycles. The van der Waals surface area contributed by atoms with Gasteiger partial charge in [-0.2, -0.15) is 0 Å². The fourth-order valence-electron chi connectivity index (χ4n) is 2.45. The van der Waals surface area contributed by atoms with E-state index >= 15 is 0 Å². The summed E-state index contributed by atoms with van der Waals surface area (Å²) in [6.07, 6.45) is 0.953. The lowest BCUT2D eigenvalue weighted by molar-refractivity contribution is -0.384. The van der Waals surface area contributed by atoms with Gasteiger partial charge in [0.25, 0.3) is 5.69 Å². The first kappa shape index (κ1) is 21.1. The van der Waals surface area contributed by atoms with Gasteiger partial charge in [-0.05, 0) is 65.8 Å². The maximum Gasteiger partial charge on any atom is 0.271 e. The molecule has 0 unspecified atom stereocenters. The van der Waals surface area contributed by atoms with Crippen molar-refractivity contribution in [3.8, 4) is 0 Å². The number of hydrogen-bond acceptors (Lipinski definition) is 5. The molecule has 10 heteroatoms. The van der Waals surface area contributed by atoms with Crippen molar-refractivity contribution in [2.75, 3.05) is 22.4 Å². The number of anilines is 2. The third kappa shape index (κ3) is 5.39. The van der Waals surface area contributed by atoms with Gasteiger partial charge in [-0.15, -0.1) is 0 Å². The van der Waals surface area contributed by atoms with Crippen LogP contribution in [0.1, 0.15) is 11.1 Å². The van der Waals surface area contributed by atoms with E-state index in [9.17, 15) is 23.3 Å². The van der Waals surface area contributed by atoms with Crippen molar-refractivity contribution in [2.24, 2.45) is 0 Å². The number of nitro groups is 1. The van der Waals surface area contributed by atoms with Crippen LogP contribution in [-0.2, 0) is 14.8 Å². The summed E-state index contributed by atoms with van der Waals surface area (Å²) in [6.45, 7) is 2.96. The van der Waals surface area contributed by atoms with Gasteiger partial charge in [-0.25, -0.2) is 8.42 Å². The first-order valence-corrected chi connectivity index (χ1v) is 10.7. The predicted molar refractivity (Wildman–Crippen MR) is 113 cm³/mol. The minimum absolute atomic E-state index is 0.0983. The Kier molecular flexibility index (Phi) is 6.42. The summed E-state index contributed by atoms with van der Waals surface area (Å²) < 4.78 is 26.4. The molecule has 0 bridgehead atoms. The molecule has 0 saturated heterocycles. The van der Waals surface area contributed by atoms with Crippen molar-refractivity contribution in [1.82, 2.24) is 0 Å². The quantitative estimate of drug-likeness (QED) is 0.370. The first-order chi connectivity index (χ1) is 12.5. The fraction of sp³-hybridized carbons (Fsp3) is 0.235. The molecule has 0 spiro atoms. The van der Waals surface area contributed by atoms with Gasteiger partial charge in [0.1, 0.15) is 6.54 Å².